The number of hydrogen-bond acceptors (Lipinski definition) is 4. The van der Waals surface area contributed by atoms with Crippen LogP contribution in [-0.2, 0) is 9.53 Å². The van der Waals surface area contributed by atoms with Crippen LogP contribution in [0.25, 0.3) is 0 Å². The molecule has 1 saturated carbocycles. The smallest absolute Gasteiger partial charge is 0.338 e. The lowest BCUT2D eigenvalue weighted by atomic mass is 9.95. The SMILES string of the molecule is CC1=C(C(=O)OC2CCC2)C(c2ccco2)NC(=O)N1. The summed E-state index contributed by atoms with van der Waals surface area (Å²) in [7, 11) is 0. The first kappa shape index (κ1) is 12.8. The molecular weight excluding hydrogens is 260 g/mol. The third kappa shape index (κ3) is 2.29. The number of furan rings is 1. The largest absolute Gasteiger partial charge is 0.467 e. The highest BCUT2D eigenvalue weighted by atomic mass is 16.5. The minimum absolute atomic E-state index is 0.00215. The Balaban J connectivity index is 1.88. The van der Waals surface area contributed by atoms with Crippen molar-refractivity contribution < 1.29 is 18.7 Å². The molecule has 3 rings (SSSR count). The van der Waals surface area contributed by atoms with Gasteiger partial charge in [0.2, 0.25) is 0 Å². The minimum atomic E-state index is -0.605. The maximum absolute atomic E-state index is 12.3. The summed E-state index contributed by atoms with van der Waals surface area (Å²) in [6.07, 6.45) is 4.41. The number of ether oxygens (including phenoxy) is 1. The highest BCUT2D eigenvalue weighted by molar-refractivity contribution is 5.94. The van der Waals surface area contributed by atoms with Crippen LogP contribution in [0.15, 0.2) is 34.1 Å². The Morgan fingerprint density at radius 3 is 2.85 bits per heavy atom. The van der Waals surface area contributed by atoms with E-state index in [-0.39, 0.29) is 12.1 Å². The Bertz CT molecular complexity index is 558. The average molecular weight is 276 g/mol. The fourth-order valence-corrected chi connectivity index (χ4v) is 2.34. The molecule has 1 aliphatic heterocycles. The highest BCUT2D eigenvalue weighted by Crippen LogP contribution is 2.30. The van der Waals surface area contributed by atoms with Gasteiger partial charge in [-0.05, 0) is 38.3 Å². The maximum Gasteiger partial charge on any atom is 0.338 e. The highest BCUT2D eigenvalue weighted by Gasteiger charge is 2.35. The second-order valence-corrected chi connectivity index (χ2v) is 5.04. The zero-order valence-electron chi connectivity index (χ0n) is 11.1. The van der Waals surface area contributed by atoms with E-state index >= 15 is 0 Å². The van der Waals surface area contributed by atoms with Crippen LogP contribution in [-0.4, -0.2) is 18.1 Å². The standard InChI is InChI=1S/C14H16N2O4/c1-8-11(13(17)20-9-4-2-5-9)12(16-14(18)15-8)10-6-3-7-19-10/h3,6-7,9,12H,2,4-5H2,1H3,(H2,15,16,18). The van der Waals surface area contributed by atoms with Crippen molar-refractivity contribution in [3.63, 3.8) is 0 Å². The number of esters is 1. The molecule has 0 bridgehead atoms. The molecule has 6 heteroatoms. The molecule has 2 aliphatic rings. The average Bonchev–Trinajstić information content (AvgIpc) is 2.86. The molecule has 0 spiro atoms. The lowest BCUT2D eigenvalue weighted by Gasteiger charge is -2.30. The Kier molecular flexibility index (Phi) is 3.22. The third-order valence-corrected chi connectivity index (χ3v) is 3.64. The van der Waals surface area contributed by atoms with E-state index in [0.29, 0.717) is 17.0 Å². The lowest BCUT2D eigenvalue weighted by molar-refractivity contribution is -0.148. The van der Waals surface area contributed by atoms with Crippen LogP contribution < -0.4 is 10.6 Å². The van der Waals surface area contributed by atoms with Gasteiger partial charge in [0.25, 0.3) is 0 Å². The number of hydrogen-bond donors (Lipinski definition) is 2. The second-order valence-electron chi connectivity index (χ2n) is 5.04. The Labute approximate surface area is 116 Å². The lowest BCUT2D eigenvalue weighted by Crippen LogP contribution is -2.45. The van der Waals surface area contributed by atoms with E-state index in [4.69, 9.17) is 9.15 Å². The van der Waals surface area contributed by atoms with Gasteiger partial charge < -0.3 is 19.8 Å². The Morgan fingerprint density at radius 2 is 2.25 bits per heavy atom. The van der Waals surface area contributed by atoms with Gasteiger partial charge in [-0.3, -0.25) is 0 Å². The second kappa shape index (κ2) is 5.03. The normalized spacial score (nSPS) is 22.9. The fourth-order valence-electron chi connectivity index (χ4n) is 2.34. The van der Waals surface area contributed by atoms with E-state index < -0.39 is 12.0 Å². The molecule has 20 heavy (non-hydrogen) atoms. The minimum Gasteiger partial charge on any atom is -0.467 e. The molecule has 2 heterocycles. The molecule has 1 atom stereocenters. The monoisotopic (exact) mass is 276 g/mol. The summed E-state index contributed by atoms with van der Waals surface area (Å²) >= 11 is 0. The summed E-state index contributed by atoms with van der Waals surface area (Å²) in [6, 6.07) is 2.48. The van der Waals surface area contributed by atoms with Gasteiger partial charge in [-0.15, -0.1) is 0 Å². The van der Waals surface area contributed by atoms with Crippen LogP contribution >= 0.6 is 0 Å². The first-order valence-electron chi connectivity index (χ1n) is 6.68. The van der Waals surface area contributed by atoms with Gasteiger partial charge in [-0.25, -0.2) is 9.59 Å². The van der Waals surface area contributed by atoms with E-state index in [0.717, 1.165) is 19.3 Å². The molecule has 0 radical (unpaired) electrons. The number of urea groups is 1. The van der Waals surface area contributed by atoms with Gasteiger partial charge in [-0.1, -0.05) is 0 Å². The van der Waals surface area contributed by atoms with Crippen molar-refractivity contribution in [1.29, 1.82) is 0 Å². The van der Waals surface area contributed by atoms with Crippen molar-refractivity contribution in [3.05, 3.63) is 35.4 Å². The van der Waals surface area contributed by atoms with Crippen LogP contribution in [0, 0.1) is 0 Å². The number of amides is 2. The van der Waals surface area contributed by atoms with Gasteiger partial charge >= 0.3 is 12.0 Å². The van der Waals surface area contributed by atoms with Crippen molar-refractivity contribution >= 4 is 12.0 Å². The van der Waals surface area contributed by atoms with E-state index in [1.54, 1.807) is 19.1 Å². The predicted molar refractivity (Wildman–Crippen MR) is 69.5 cm³/mol. The zero-order valence-corrected chi connectivity index (χ0v) is 11.1. The van der Waals surface area contributed by atoms with Crippen LogP contribution in [0.2, 0.25) is 0 Å². The van der Waals surface area contributed by atoms with Crippen molar-refractivity contribution in [2.75, 3.05) is 0 Å². The van der Waals surface area contributed by atoms with Crippen LogP contribution in [0.5, 0.6) is 0 Å². The van der Waals surface area contributed by atoms with Crippen LogP contribution in [0.3, 0.4) is 0 Å². The molecule has 0 aromatic carbocycles. The van der Waals surface area contributed by atoms with E-state index in [9.17, 15) is 9.59 Å². The van der Waals surface area contributed by atoms with Crippen molar-refractivity contribution in [3.8, 4) is 0 Å². The number of rotatable bonds is 3. The first-order valence-corrected chi connectivity index (χ1v) is 6.68. The summed E-state index contributed by atoms with van der Waals surface area (Å²) in [5, 5.41) is 5.29. The summed E-state index contributed by atoms with van der Waals surface area (Å²) in [4.78, 5) is 23.9. The summed E-state index contributed by atoms with van der Waals surface area (Å²) in [5.74, 6) is 0.112. The van der Waals surface area contributed by atoms with Gasteiger partial charge in [-0.2, -0.15) is 0 Å². The topological polar surface area (TPSA) is 80.6 Å². The van der Waals surface area contributed by atoms with Crippen LogP contribution in [0.4, 0.5) is 4.79 Å². The molecular formula is C14H16N2O4. The van der Waals surface area contributed by atoms with Crippen molar-refractivity contribution in [2.24, 2.45) is 0 Å². The molecule has 106 valence electrons. The number of nitrogens with one attached hydrogen (secondary N) is 2. The van der Waals surface area contributed by atoms with Gasteiger partial charge in [0.15, 0.2) is 0 Å². The first-order chi connectivity index (χ1) is 9.65. The molecule has 1 unspecified atom stereocenters. The summed E-state index contributed by atoms with van der Waals surface area (Å²) in [6.45, 7) is 1.69. The van der Waals surface area contributed by atoms with E-state index in [2.05, 4.69) is 10.6 Å². The molecule has 0 saturated heterocycles. The van der Waals surface area contributed by atoms with Gasteiger partial charge in [0.1, 0.15) is 17.9 Å². The zero-order chi connectivity index (χ0) is 14.1. The van der Waals surface area contributed by atoms with Crippen LogP contribution in [0.1, 0.15) is 38.0 Å². The van der Waals surface area contributed by atoms with Crippen molar-refractivity contribution in [1.82, 2.24) is 10.6 Å². The number of allylic oxidation sites excluding steroid dienone is 1. The van der Waals surface area contributed by atoms with E-state index in [1.165, 1.54) is 6.26 Å². The molecule has 2 amide bonds. The molecule has 6 nitrogen and oxygen atoms in total. The predicted octanol–water partition coefficient (Wildman–Crippen LogP) is 2.00. The molecule has 2 N–H and O–H groups in total. The Hall–Kier alpha value is -2.24. The van der Waals surface area contributed by atoms with Gasteiger partial charge in [0.05, 0.1) is 11.8 Å². The molecule has 1 aliphatic carbocycles. The summed E-state index contributed by atoms with van der Waals surface area (Å²) < 4.78 is 10.7. The Morgan fingerprint density at radius 1 is 1.45 bits per heavy atom. The number of carbonyl (C=O) groups excluding carboxylic acids is 2. The summed E-state index contributed by atoms with van der Waals surface area (Å²) in [5.41, 5.74) is 0.894. The maximum atomic E-state index is 12.3. The molecule has 1 aromatic heterocycles. The fraction of sp³-hybridized carbons (Fsp3) is 0.429. The molecule has 1 aromatic rings. The van der Waals surface area contributed by atoms with Gasteiger partial charge in [0, 0.05) is 5.70 Å². The number of carbonyl (C=O) groups is 2. The third-order valence-electron chi connectivity index (χ3n) is 3.64. The van der Waals surface area contributed by atoms with Crippen molar-refractivity contribution in [2.45, 2.75) is 38.3 Å². The van der Waals surface area contributed by atoms with E-state index in [1.807, 2.05) is 0 Å². The molecule has 1 fully saturated rings. The quantitative estimate of drug-likeness (QED) is 0.827.